The number of hydrogen-bond donors (Lipinski definition) is 0. The predicted octanol–water partition coefficient (Wildman–Crippen LogP) is 2.98. The predicted molar refractivity (Wildman–Crippen MR) is 102 cm³/mol. The summed E-state index contributed by atoms with van der Waals surface area (Å²) in [6.45, 7) is 9.03. The van der Waals surface area contributed by atoms with Gasteiger partial charge in [0.15, 0.2) is 0 Å². The fourth-order valence-corrected chi connectivity index (χ4v) is 3.31. The molecular formula is C21H25N3O2. The Labute approximate surface area is 154 Å². The summed E-state index contributed by atoms with van der Waals surface area (Å²) in [6.07, 6.45) is 0. The molecule has 5 nitrogen and oxygen atoms in total. The summed E-state index contributed by atoms with van der Waals surface area (Å²) in [5.41, 5.74) is 5.73. The van der Waals surface area contributed by atoms with E-state index in [0.29, 0.717) is 18.7 Å². The number of rotatable bonds is 2. The highest BCUT2D eigenvalue weighted by molar-refractivity contribution is 5.98. The highest BCUT2D eigenvalue weighted by atomic mass is 16.2. The highest BCUT2D eigenvalue weighted by Crippen LogP contribution is 2.24. The average Bonchev–Trinajstić information content (AvgIpc) is 2.63. The number of carbonyl (C=O) groups is 2. The van der Waals surface area contributed by atoms with E-state index in [9.17, 15) is 9.59 Å². The maximum Gasteiger partial charge on any atom is 0.254 e. The second-order valence-electron chi connectivity index (χ2n) is 7.05. The van der Waals surface area contributed by atoms with Crippen molar-refractivity contribution in [3.05, 3.63) is 52.7 Å². The number of benzene rings is 1. The van der Waals surface area contributed by atoms with Crippen LogP contribution < -0.4 is 0 Å². The van der Waals surface area contributed by atoms with E-state index in [4.69, 9.17) is 0 Å². The fraction of sp³-hybridized carbons (Fsp3) is 0.381. The molecule has 0 saturated carbocycles. The molecule has 0 bridgehead atoms. The van der Waals surface area contributed by atoms with Gasteiger partial charge in [0.1, 0.15) is 6.04 Å². The van der Waals surface area contributed by atoms with Crippen LogP contribution in [0.1, 0.15) is 34.1 Å². The van der Waals surface area contributed by atoms with Crippen LogP contribution in [-0.2, 0) is 4.79 Å². The van der Waals surface area contributed by atoms with Gasteiger partial charge in [0.05, 0.1) is 5.69 Å². The summed E-state index contributed by atoms with van der Waals surface area (Å²) < 4.78 is 0. The third kappa shape index (κ3) is 3.21. The Morgan fingerprint density at radius 1 is 1.15 bits per heavy atom. The molecule has 1 aliphatic heterocycles. The van der Waals surface area contributed by atoms with Crippen molar-refractivity contribution in [2.45, 2.75) is 33.7 Å². The Kier molecular flexibility index (Phi) is 4.81. The standard InChI is InChI=1S/C21H25N3O2/c1-13-11-19(22-15(3)14(13)2)17-7-6-8-18(12-17)21(26)24-10-9-23(5)20(25)16(24)4/h6-8,11-12,16H,9-10H2,1-5H3/t16-/m0/s1. The minimum absolute atomic E-state index is 0.0211. The van der Waals surface area contributed by atoms with E-state index in [1.54, 1.807) is 29.8 Å². The molecule has 0 spiro atoms. The molecule has 0 aliphatic carbocycles. The number of aryl methyl sites for hydroxylation is 2. The molecule has 5 heteroatoms. The SMILES string of the molecule is Cc1cc(-c2cccc(C(=O)N3CCN(C)C(=O)[C@@H]3C)c2)nc(C)c1C. The van der Waals surface area contributed by atoms with E-state index in [2.05, 4.69) is 18.8 Å². The van der Waals surface area contributed by atoms with Crippen molar-refractivity contribution in [2.24, 2.45) is 0 Å². The van der Waals surface area contributed by atoms with E-state index in [1.165, 1.54) is 11.1 Å². The Hall–Kier alpha value is -2.69. The van der Waals surface area contributed by atoms with Gasteiger partial charge in [0, 0.05) is 37.0 Å². The van der Waals surface area contributed by atoms with Gasteiger partial charge in [0.2, 0.25) is 5.91 Å². The molecule has 1 aromatic heterocycles. The summed E-state index contributed by atoms with van der Waals surface area (Å²) >= 11 is 0. The van der Waals surface area contributed by atoms with Crippen molar-refractivity contribution in [1.82, 2.24) is 14.8 Å². The number of hydrogen-bond acceptors (Lipinski definition) is 3. The van der Waals surface area contributed by atoms with Gasteiger partial charge in [-0.25, -0.2) is 0 Å². The first kappa shape index (κ1) is 18.1. The van der Waals surface area contributed by atoms with E-state index in [1.807, 2.05) is 31.2 Å². The zero-order valence-electron chi connectivity index (χ0n) is 16.0. The van der Waals surface area contributed by atoms with Crippen LogP contribution >= 0.6 is 0 Å². The molecule has 1 aliphatic rings. The third-order valence-corrected chi connectivity index (χ3v) is 5.32. The molecule has 26 heavy (non-hydrogen) atoms. The number of pyridine rings is 1. The molecule has 2 aromatic rings. The Bertz CT molecular complexity index is 852. The van der Waals surface area contributed by atoms with E-state index in [-0.39, 0.29) is 11.8 Å². The summed E-state index contributed by atoms with van der Waals surface area (Å²) in [7, 11) is 1.77. The lowest BCUT2D eigenvalue weighted by Crippen LogP contribution is -2.56. The van der Waals surface area contributed by atoms with Crippen molar-refractivity contribution < 1.29 is 9.59 Å². The Morgan fingerprint density at radius 3 is 2.58 bits per heavy atom. The molecule has 0 unspecified atom stereocenters. The van der Waals surface area contributed by atoms with Crippen LogP contribution in [0, 0.1) is 20.8 Å². The number of amides is 2. The van der Waals surface area contributed by atoms with E-state index >= 15 is 0 Å². The minimum Gasteiger partial charge on any atom is -0.342 e. The second-order valence-corrected chi connectivity index (χ2v) is 7.05. The van der Waals surface area contributed by atoms with Crippen LogP contribution in [0.3, 0.4) is 0 Å². The first-order valence-electron chi connectivity index (χ1n) is 8.91. The molecule has 1 atom stereocenters. The quantitative estimate of drug-likeness (QED) is 0.836. The molecule has 1 fully saturated rings. The summed E-state index contributed by atoms with van der Waals surface area (Å²) in [6, 6.07) is 9.12. The largest absolute Gasteiger partial charge is 0.342 e. The van der Waals surface area contributed by atoms with Gasteiger partial charge >= 0.3 is 0 Å². The normalized spacial score (nSPS) is 17.6. The van der Waals surface area contributed by atoms with Gasteiger partial charge in [-0.3, -0.25) is 14.6 Å². The lowest BCUT2D eigenvalue weighted by Gasteiger charge is -2.37. The van der Waals surface area contributed by atoms with Crippen molar-refractivity contribution in [2.75, 3.05) is 20.1 Å². The number of likely N-dealkylation sites (N-methyl/N-ethyl adjacent to an activating group) is 1. The molecule has 1 aromatic carbocycles. The average molecular weight is 351 g/mol. The van der Waals surface area contributed by atoms with Gasteiger partial charge in [-0.2, -0.15) is 0 Å². The van der Waals surface area contributed by atoms with Crippen LogP contribution in [0.5, 0.6) is 0 Å². The van der Waals surface area contributed by atoms with Crippen LogP contribution in [-0.4, -0.2) is 52.8 Å². The molecule has 3 rings (SSSR count). The van der Waals surface area contributed by atoms with Crippen molar-refractivity contribution in [3.63, 3.8) is 0 Å². The zero-order valence-corrected chi connectivity index (χ0v) is 16.0. The molecule has 2 amide bonds. The van der Waals surface area contributed by atoms with Crippen molar-refractivity contribution >= 4 is 11.8 Å². The van der Waals surface area contributed by atoms with Crippen LogP contribution in [0.25, 0.3) is 11.3 Å². The van der Waals surface area contributed by atoms with Gasteiger partial charge in [-0.05, 0) is 57.0 Å². The molecule has 0 N–H and O–H groups in total. The van der Waals surface area contributed by atoms with Gasteiger partial charge in [0.25, 0.3) is 5.91 Å². The Morgan fingerprint density at radius 2 is 1.88 bits per heavy atom. The summed E-state index contributed by atoms with van der Waals surface area (Å²) in [5.74, 6) is -0.131. The maximum atomic E-state index is 13.0. The zero-order chi connectivity index (χ0) is 19.0. The Balaban J connectivity index is 1.92. The lowest BCUT2D eigenvalue weighted by atomic mass is 10.0. The molecule has 2 heterocycles. The monoisotopic (exact) mass is 351 g/mol. The smallest absolute Gasteiger partial charge is 0.254 e. The fourth-order valence-electron chi connectivity index (χ4n) is 3.31. The summed E-state index contributed by atoms with van der Waals surface area (Å²) in [4.78, 5) is 33.2. The molecule has 136 valence electrons. The van der Waals surface area contributed by atoms with E-state index < -0.39 is 6.04 Å². The highest BCUT2D eigenvalue weighted by Gasteiger charge is 2.33. The van der Waals surface area contributed by atoms with Gasteiger partial charge < -0.3 is 9.80 Å². The first-order chi connectivity index (χ1) is 12.3. The lowest BCUT2D eigenvalue weighted by molar-refractivity contribution is -0.137. The second kappa shape index (κ2) is 6.90. The molecular weight excluding hydrogens is 326 g/mol. The van der Waals surface area contributed by atoms with Gasteiger partial charge in [-0.15, -0.1) is 0 Å². The maximum absolute atomic E-state index is 13.0. The number of piperazine rings is 1. The number of carbonyl (C=O) groups excluding carboxylic acids is 2. The van der Waals surface area contributed by atoms with Crippen molar-refractivity contribution in [1.29, 1.82) is 0 Å². The van der Waals surface area contributed by atoms with Gasteiger partial charge in [-0.1, -0.05) is 12.1 Å². The van der Waals surface area contributed by atoms with Crippen LogP contribution in [0.4, 0.5) is 0 Å². The molecule has 1 saturated heterocycles. The first-order valence-corrected chi connectivity index (χ1v) is 8.91. The minimum atomic E-state index is -0.438. The topological polar surface area (TPSA) is 53.5 Å². The van der Waals surface area contributed by atoms with E-state index in [0.717, 1.165) is 17.0 Å². The van der Waals surface area contributed by atoms with Crippen LogP contribution in [0.2, 0.25) is 0 Å². The third-order valence-electron chi connectivity index (χ3n) is 5.32. The van der Waals surface area contributed by atoms with Crippen molar-refractivity contribution in [3.8, 4) is 11.3 Å². The number of nitrogens with zero attached hydrogens (tertiary/aromatic N) is 3. The molecule has 0 radical (unpaired) electrons. The summed E-state index contributed by atoms with van der Waals surface area (Å²) in [5, 5.41) is 0. The van der Waals surface area contributed by atoms with Crippen LogP contribution in [0.15, 0.2) is 30.3 Å². The number of aromatic nitrogens is 1.